The smallest absolute Gasteiger partial charge is 0.269 e. The van der Waals surface area contributed by atoms with Crippen LogP contribution in [0.4, 0.5) is 0 Å². The maximum absolute atomic E-state index is 11.2. The van der Waals surface area contributed by atoms with E-state index in [2.05, 4.69) is 17.2 Å². The van der Waals surface area contributed by atoms with Gasteiger partial charge in [0, 0.05) is 13.2 Å². The first-order valence-corrected chi connectivity index (χ1v) is 4.95. The molecule has 1 aromatic heterocycles. The fourth-order valence-electron chi connectivity index (χ4n) is 1.22. The average molecular weight is 192 g/mol. The summed E-state index contributed by atoms with van der Waals surface area (Å²) in [6.45, 7) is 2.16. The average Bonchev–Trinajstić information content (AvgIpc) is 2.26. The van der Waals surface area contributed by atoms with E-state index in [1.165, 1.54) is 18.4 Å². The van der Waals surface area contributed by atoms with Gasteiger partial charge in [0.1, 0.15) is 5.69 Å². The zero-order chi connectivity index (χ0) is 10.4. The highest BCUT2D eigenvalue weighted by molar-refractivity contribution is 5.91. The molecule has 1 N–H and O–H groups in total. The number of unbranched alkanes of at least 4 members (excludes halogenated alkanes) is 1. The maximum Gasteiger partial charge on any atom is 0.269 e. The first-order chi connectivity index (χ1) is 6.77. The quantitative estimate of drug-likeness (QED) is 0.790. The molecule has 0 radical (unpaired) electrons. The molecule has 0 spiro atoms. The Morgan fingerprint density at radius 2 is 2.29 bits per heavy atom. The van der Waals surface area contributed by atoms with E-state index in [4.69, 9.17) is 0 Å². The van der Waals surface area contributed by atoms with Gasteiger partial charge in [-0.15, -0.1) is 0 Å². The number of carbonyl (C=O) groups excluding carboxylic acids is 1. The first kappa shape index (κ1) is 10.7. The number of hydrogen-bond acceptors (Lipinski definition) is 2. The van der Waals surface area contributed by atoms with Gasteiger partial charge in [0.25, 0.3) is 5.91 Å². The van der Waals surface area contributed by atoms with E-state index in [0.29, 0.717) is 5.69 Å². The Labute approximate surface area is 84.6 Å². The van der Waals surface area contributed by atoms with Crippen LogP contribution in [-0.4, -0.2) is 17.9 Å². The number of aryl methyl sites for hydroxylation is 1. The molecule has 76 valence electrons. The third kappa shape index (κ3) is 2.83. The van der Waals surface area contributed by atoms with E-state index >= 15 is 0 Å². The Morgan fingerprint density at radius 3 is 2.79 bits per heavy atom. The van der Waals surface area contributed by atoms with Gasteiger partial charge in [-0.1, -0.05) is 19.4 Å². The summed E-state index contributed by atoms with van der Waals surface area (Å²) < 4.78 is 0. The van der Waals surface area contributed by atoms with Crippen molar-refractivity contribution in [1.82, 2.24) is 10.3 Å². The highest BCUT2D eigenvalue weighted by Gasteiger charge is 2.03. The van der Waals surface area contributed by atoms with Gasteiger partial charge in [-0.25, -0.2) is 0 Å². The zero-order valence-corrected chi connectivity index (χ0v) is 8.71. The van der Waals surface area contributed by atoms with Gasteiger partial charge in [-0.2, -0.15) is 0 Å². The monoisotopic (exact) mass is 192 g/mol. The predicted molar refractivity (Wildman–Crippen MR) is 56.2 cm³/mol. The molecule has 0 aliphatic carbocycles. The molecular weight excluding hydrogens is 176 g/mol. The first-order valence-electron chi connectivity index (χ1n) is 4.95. The van der Waals surface area contributed by atoms with Gasteiger partial charge in [0.2, 0.25) is 0 Å². The lowest BCUT2D eigenvalue weighted by atomic mass is 10.1. The number of rotatable bonds is 4. The SMILES string of the molecule is CCCCc1ccc(C(=O)NC)nc1. The normalized spacial score (nSPS) is 9.86. The van der Waals surface area contributed by atoms with E-state index in [1.54, 1.807) is 19.3 Å². The minimum atomic E-state index is -0.132. The van der Waals surface area contributed by atoms with E-state index in [-0.39, 0.29) is 5.91 Å². The second-order valence-electron chi connectivity index (χ2n) is 3.23. The summed E-state index contributed by atoms with van der Waals surface area (Å²) in [5.41, 5.74) is 1.67. The summed E-state index contributed by atoms with van der Waals surface area (Å²) in [7, 11) is 1.61. The molecule has 0 bridgehead atoms. The standard InChI is InChI=1S/C11H16N2O/c1-3-4-5-9-6-7-10(13-8-9)11(14)12-2/h6-8H,3-5H2,1-2H3,(H,12,14). The van der Waals surface area contributed by atoms with Gasteiger partial charge in [-0.05, 0) is 24.5 Å². The molecule has 1 heterocycles. The minimum absolute atomic E-state index is 0.132. The maximum atomic E-state index is 11.2. The summed E-state index contributed by atoms with van der Waals surface area (Å²) in [4.78, 5) is 15.3. The number of nitrogens with zero attached hydrogens (tertiary/aromatic N) is 1. The molecule has 1 amide bonds. The molecule has 0 fully saturated rings. The second kappa shape index (κ2) is 5.37. The fourth-order valence-corrected chi connectivity index (χ4v) is 1.22. The van der Waals surface area contributed by atoms with Crippen LogP contribution in [0.5, 0.6) is 0 Å². The van der Waals surface area contributed by atoms with Gasteiger partial charge in [-0.3, -0.25) is 9.78 Å². The number of nitrogens with one attached hydrogen (secondary N) is 1. The van der Waals surface area contributed by atoms with Crippen LogP contribution in [-0.2, 0) is 6.42 Å². The molecule has 1 aromatic rings. The Hall–Kier alpha value is -1.38. The summed E-state index contributed by atoms with van der Waals surface area (Å²) >= 11 is 0. The molecule has 1 rings (SSSR count). The lowest BCUT2D eigenvalue weighted by Gasteiger charge is -2.01. The summed E-state index contributed by atoms with van der Waals surface area (Å²) in [6, 6.07) is 3.73. The minimum Gasteiger partial charge on any atom is -0.354 e. The number of carbonyl (C=O) groups is 1. The highest BCUT2D eigenvalue weighted by atomic mass is 16.1. The fraction of sp³-hybridized carbons (Fsp3) is 0.455. The van der Waals surface area contributed by atoms with Gasteiger partial charge in [0.15, 0.2) is 0 Å². The zero-order valence-electron chi connectivity index (χ0n) is 8.71. The Bertz CT molecular complexity index is 293. The molecule has 3 heteroatoms. The molecule has 0 unspecified atom stereocenters. The summed E-state index contributed by atoms with van der Waals surface area (Å²) in [6.07, 6.45) is 5.16. The molecule has 3 nitrogen and oxygen atoms in total. The molecule has 0 atom stereocenters. The lowest BCUT2D eigenvalue weighted by Crippen LogP contribution is -2.19. The molecule has 0 saturated heterocycles. The Kier molecular flexibility index (Phi) is 4.11. The largest absolute Gasteiger partial charge is 0.354 e. The number of aromatic nitrogens is 1. The van der Waals surface area contributed by atoms with Crippen molar-refractivity contribution < 1.29 is 4.79 Å². The van der Waals surface area contributed by atoms with Crippen LogP contribution in [0.15, 0.2) is 18.3 Å². The number of pyridine rings is 1. The van der Waals surface area contributed by atoms with Gasteiger partial charge in [0.05, 0.1) is 0 Å². The van der Waals surface area contributed by atoms with E-state index in [0.717, 1.165) is 6.42 Å². The molecule has 0 aromatic carbocycles. The highest BCUT2D eigenvalue weighted by Crippen LogP contribution is 2.04. The third-order valence-electron chi connectivity index (χ3n) is 2.10. The summed E-state index contributed by atoms with van der Waals surface area (Å²) in [5.74, 6) is -0.132. The van der Waals surface area contributed by atoms with Crippen molar-refractivity contribution in [3.8, 4) is 0 Å². The van der Waals surface area contributed by atoms with Crippen molar-refractivity contribution in [1.29, 1.82) is 0 Å². The molecule has 0 aliphatic rings. The van der Waals surface area contributed by atoms with E-state index in [1.807, 2.05) is 6.07 Å². The van der Waals surface area contributed by atoms with Gasteiger partial charge < -0.3 is 5.32 Å². The van der Waals surface area contributed by atoms with Gasteiger partial charge >= 0.3 is 0 Å². The third-order valence-corrected chi connectivity index (χ3v) is 2.10. The lowest BCUT2D eigenvalue weighted by molar-refractivity contribution is 0.0958. The number of amides is 1. The van der Waals surface area contributed by atoms with Crippen LogP contribution in [0.2, 0.25) is 0 Å². The van der Waals surface area contributed by atoms with Crippen molar-refractivity contribution in [2.24, 2.45) is 0 Å². The Balaban J connectivity index is 2.63. The van der Waals surface area contributed by atoms with Crippen molar-refractivity contribution in [2.75, 3.05) is 7.05 Å². The van der Waals surface area contributed by atoms with Crippen molar-refractivity contribution >= 4 is 5.91 Å². The van der Waals surface area contributed by atoms with Crippen LogP contribution >= 0.6 is 0 Å². The van der Waals surface area contributed by atoms with Crippen molar-refractivity contribution in [3.63, 3.8) is 0 Å². The van der Waals surface area contributed by atoms with Crippen LogP contribution in [0.1, 0.15) is 35.8 Å². The van der Waals surface area contributed by atoms with Crippen LogP contribution in [0.3, 0.4) is 0 Å². The molecule has 0 saturated carbocycles. The number of hydrogen-bond donors (Lipinski definition) is 1. The predicted octanol–water partition coefficient (Wildman–Crippen LogP) is 1.78. The summed E-state index contributed by atoms with van der Waals surface area (Å²) in [5, 5.41) is 2.54. The second-order valence-corrected chi connectivity index (χ2v) is 3.23. The Morgan fingerprint density at radius 1 is 1.50 bits per heavy atom. The topological polar surface area (TPSA) is 42.0 Å². The molecule has 14 heavy (non-hydrogen) atoms. The van der Waals surface area contributed by atoms with Crippen molar-refractivity contribution in [3.05, 3.63) is 29.6 Å². The van der Waals surface area contributed by atoms with E-state index < -0.39 is 0 Å². The molecule has 0 aliphatic heterocycles. The van der Waals surface area contributed by atoms with Crippen molar-refractivity contribution in [2.45, 2.75) is 26.2 Å². The van der Waals surface area contributed by atoms with Crippen LogP contribution < -0.4 is 5.32 Å². The van der Waals surface area contributed by atoms with E-state index in [9.17, 15) is 4.79 Å². The van der Waals surface area contributed by atoms with Crippen LogP contribution in [0.25, 0.3) is 0 Å². The van der Waals surface area contributed by atoms with Crippen LogP contribution in [0, 0.1) is 0 Å². The molecular formula is C11H16N2O.